The van der Waals surface area contributed by atoms with Crippen molar-refractivity contribution in [2.45, 2.75) is 38.9 Å². The van der Waals surface area contributed by atoms with Crippen molar-refractivity contribution in [2.24, 2.45) is 0 Å². The molecule has 0 unspecified atom stereocenters. The molecular weight excluding hydrogens is 426 g/mol. The number of likely N-dealkylation sites (tertiary alicyclic amines) is 1. The highest BCUT2D eigenvalue weighted by atomic mass is 19.1. The second-order valence-electron chi connectivity index (χ2n) is 8.76. The van der Waals surface area contributed by atoms with E-state index in [1.165, 1.54) is 18.2 Å². The summed E-state index contributed by atoms with van der Waals surface area (Å²) in [4.78, 5) is 21.0. The highest BCUT2D eigenvalue weighted by Gasteiger charge is 2.30. The number of hydrogen-bond acceptors (Lipinski definition) is 4. The molecular formula is C24H26F2N6O. The van der Waals surface area contributed by atoms with Gasteiger partial charge in [0.1, 0.15) is 11.6 Å². The van der Waals surface area contributed by atoms with Crippen molar-refractivity contribution in [3.63, 3.8) is 0 Å². The number of carbonyl (C=O) groups is 1. The molecule has 0 aliphatic carbocycles. The first-order valence-corrected chi connectivity index (χ1v) is 11.2. The van der Waals surface area contributed by atoms with E-state index in [9.17, 15) is 13.6 Å². The number of aromatic nitrogens is 3. The van der Waals surface area contributed by atoms with Crippen molar-refractivity contribution in [1.29, 1.82) is 0 Å². The standard InChI is InChI=1S/C24H26F2N6O/c1-15-11-16(5-8-27-15)23-19-14-32(10-7-22(19)29-30-23)24(33)28-17-6-9-31(12-17)13-18-20(25)3-2-4-21(18)26/h2-5,8,11,17H,6-7,9-10,12-14H2,1H3,(H,28,33)(H,29,30)/t17-/m1/s1. The van der Waals surface area contributed by atoms with Gasteiger partial charge in [0.15, 0.2) is 0 Å². The lowest BCUT2D eigenvalue weighted by molar-refractivity contribution is 0.187. The Morgan fingerprint density at radius 2 is 2.06 bits per heavy atom. The van der Waals surface area contributed by atoms with Gasteiger partial charge >= 0.3 is 6.03 Å². The summed E-state index contributed by atoms with van der Waals surface area (Å²) in [7, 11) is 0. The monoisotopic (exact) mass is 452 g/mol. The molecule has 1 saturated heterocycles. The SMILES string of the molecule is Cc1cc(-c2n[nH]c3c2CN(C(=O)N[C@@H]2CCN(Cc4c(F)cccc4F)C2)CC3)ccn1. The van der Waals surface area contributed by atoms with Gasteiger partial charge in [-0.15, -0.1) is 0 Å². The number of amides is 2. The van der Waals surface area contributed by atoms with Crippen LogP contribution in [0.5, 0.6) is 0 Å². The molecule has 9 heteroatoms. The smallest absolute Gasteiger partial charge is 0.317 e. The van der Waals surface area contributed by atoms with Crippen molar-refractivity contribution in [2.75, 3.05) is 19.6 Å². The number of aromatic amines is 1. The third-order valence-corrected chi connectivity index (χ3v) is 6.43. The highest BCUT2D eigenvalue weighted by Crippen LogP contribution is 2.28. The predicted molar refractivity (Wildman–Crippen MR) is 119 cm³/mol. The number of halogens is 2. The van der Waals surface area contributed by atoms with Gasteiger partial charge in [-0.3, -0.25) is 15.0 Å². The van der Waals surface area contributed by atoms with Crippen LogP contribution in [0.1, 0.15) is 28.9 Å². The number of hydrogen-bond donors (Lipinski definition) is 2. The van der Waals surface area contributed by atoms with Crippen molar-refractivity contribution >= 4 is 6.03 Å². The fraction of sp³-hybridized carbons (Fsp3) is 0.375. The number of urea groups is 1. The zero-order valence-electron chi connectivity index (χ0n) is 18.4. The molecule has 33 heavy (non-hydrogen) atoms. The zero-order valence-corrected chi connectivity index (χ0v) is 18.4. The molecule has 7 nitrogen and oxygen atoms in total. The summed E-state index contributed by atoms with van der Waals surface area (Å²) in [5, 5.41) is 10.7. The summed E-state index contributed by atoms with van der Waals surface area (Å²) < 4.78 is 27.9. The predicted octanol–water partition coefficient (Wildman–Crippen LogP) is 3.40. The van der Waals surface area contributed by atoms with Crippen molar-refractivity contribution in [1.82, 2.24) is 30.3 Å². The highest BCUT2D eigenvalue weighted by molar-refractivity contribution is 5.76. The fourth-order valence-corrected chi connectivity index (χ4v) is 4.67. The van der Waals surface area contributed by atoms with E-state index < -0.39 is 11.6 Å². The number of aryl methyl sites for hydroxylation is 1. The molecule has 1 aromatic carbocycles. The number of fused-ring (bicyclic) bond motifs is 1. The minimum atomic E-state index is -0.535. The summed E-state index contributed by atoms with van der Waals surface area (Å²) in [6.45, 7) is 4.45. The minimum Gasteiger partial charge on any atom is -0.334 e. The minimum absolute atomic E-state index is 0.0552. The van der Waals surface area contributed by atoms with Crippen LogP contribution in [0.15, 0.2) is 36.5 Å². The molecule has 0 spiro atoms. The van der Waals surface area contributed by atoms with Crippen LogP contribution in [0, 0.1) is 18.6 Å². The van der Waals surface area contributed by atoms with Crippen molar-refractivity contribution in [3.8, 4) is 11.3 Å². The van der Waals surface area contributed by atoms with Crippen molar-refractivity contribution < 1.29 is 13.6 Å². The molecule has 1 fully saturated rings. The molecule has 2 aliphatic rings. The molecule has 5 rings (SSSR count). The lowest BCUT2D eigenvalue weighted by Crippen LogP contribution is -2.47. The maximum Gasteiger partial charge on any atom is 0.317 e. The molecule has 0 bridgehead atoms. The Balaban J connectivity index is 1.21. The van der Waals surface area contributed by atoms with Gasteiger partial charge in [-0.2, -0.15) is 5.10 Å². The molecule has 2 N–H and O–H groups in total. The normalized spacial score (nSPS) is 18.4. The summed E-state index contributed by atoms with van der Waals surface area (Å²) in [5.41, 5.74) is 4.91. The average molecular weight is 453 g/mol. The summed E-state index contributed by atoms with van der Waals surface area (Å²) in [6, 6.07) is 7.65. The first-order valence-electron chi connectivity index (χ1n) is 11.2. The topological polar surface area (TPSA) is 77.2 Å². The Kier molecular flexibility index (Phi) is 5.80. The van der Waals surface area contributed by atoms with E-state index in [2.05, 4.69) is 20.5 Å². The number of nitrogens with one attached hydrogen (secondary N) is 2. The van der Waals surface area contributed by atoms with E-state index in [0.29, 0.717) is 32.6 Å². The zero-order chi connectivity index (χ0) is 22.9. The van der Waals surface area contributed by atoms with Gasteiger partial charge < -0.3 is 10.2 Å². The van der Waals surface area contributed by atoms with Crippen LogP contribution < -0.4 is 5.32 Å². The molecule has 4 heterocycles. The van der Waals surface area contributed by atoms with Crippen LogP contribution in [0.3, 0.4) is 0 Å². The number of benzene rings is 1. The second-order valence-corrected chi connectivity index (χ2v) is 8.76. The number of nitrogens with zero attached hydrogens (tertiary/aromatic N) is 4. The summed E-state index contributed by atoms with van der Waals surface area (Å²) in [5.74, 6) is -1.07. The number of carbonyl (C=O) groups excluding carboxylic acids is 1. The van der Waals surface area contributed by atoms with Gasteiger partial charge in [-0.05, 0) is 37.6 Å². The molecule has 2 amide bonds. The molecule has 172 valence electrons. The van der Waals surface area contributed by atoms with Crippen LogP contribution in [0.2, 0.25) is 0 Å². The van der Waals surface area contributed by atoms with E-state index >= 15 is 0 Å². The first-order chi connectivity index (χ1) is 16.0. The molecule has 2 aliphatic heterocycles. The number of H-pyrrole nitrogens is 1. The largest absolute Gasteiger partial charge is 0.334 e. The van der Waals surface area contributed by atoms with E-state index in [0.717, 1.165) is 34.6 Å². The van der Waals surface area contributed by atoms with Gasteiger partial charge in [0.2, 0.25) is 0 Å². The maximum absolute atomic E-state index is 14.0. The number of pyridine rings is 1. The lowest BCUT2D eigenvalue weighted by atomic mass is 10.0. The summed E-state index contributed by atoms with van der Waals surface area (Å²) in [6.07, 6.45) is 3.22. The number of rotatable bonds is 4. The van der Waals surface area contributed by atoms with Crippen LogP contribution >= 0.6 is 0 Å². The van der Waals surface area contributed by atoms with Crippen LogP contribution in [0.4, 0.5) is 13.6 Å². The molecule has 0 saturated carbocycles. The van der Waals surface area contributed by atoms with Gasteiger partial charge in [-0.1, -0.05) is 6.07 Å². The quantitative estimate of drug-likeness (QED) is 0.636. The van der Waals surface area contributed by atoms with E-state index in [1.807, 2.05) is 24.0 Å². The molecule has 3 aromatic rings. The second kappa shape index (κ2) is 8.90. The van der Waals surface area contributed by atoms with E-state index in [4.69, 9.17) is 0 Å². The first kappa shape index (κ1) is 21.5. The lowest BCUT2D eigenvalue weighted by Gasteiger charge is -2.29. The van der Waals surface area contributed by atoms with Crippen LogP contribution in [0.25, 0.3) is 11.3 Å². The third-order valence-electron chi connectivity index (χ3n) is 6.43. The molecule has 1 atom stereocenters. The van der Waals surface area contributed by atoms with Crippen LogP contribution in [-0.4, -0.2) is 56.7 Å². The Bertz CT molecular complexity index is 1160. The summed E-state index contributed by atoms with van der Waals surface area (Å²) >= 11 is 0. The van der Waals surface area contributed by atoms with Crippen molar-refractivity contribution in [3.05, 3.63) is 70.7 Å². The van der Waals surface area contributed by atoms with Gasteiger partial charge in [0, 0.05) is 72.9 Å². The van der Waals surface area contributed by atoms with E-state index in [-0.39, 0.29) is 24.2 Å². The Morgan fingerprint density at radius 3 is 2.85 bits per heavy atom. The molecule has 2 aromatic heterocycles. The van der Waals surface area contributed by atoms with E-state index in [1.54, 1.807) is 11.1 Å². The third kappa shape index (κ3) is 4.45. The Labute approximate surface area is 190 Å². The Morgan fingerprint density at radius 1 is 1.24 bits per heavy atom. The molecule has 0 radical (unpaired) electrons. The average Bonchev–Trinajstić information content (AvgIpc) is 3.42. The fourth-order valence-electron chi connectivity index (χ4n) is 4.67. The van der Waals surface area contributed by atoms with Gasteiger partial charge in [0.25, 0.3) is 0 Å². The van der Waals surface area contributed by atoms with Gasteiger partial charge in [0.05, 0.1) is 12.2 Å². The van der Waals surface area contributed by atoms with Gasteiger partial charge in [-0.25, -0.2) is 13.6 Å². The maximum atomic E-state index is 14.0. The van der Waals surface area contributed by atoms with Crippen LogP contribution in [-0.2, 0) is 19.5 Å². The Hall–Kier alpha value is -3.33.